The highest BCUT2D eigenvalue weighted by atomic mass is 16.5. The van der Waals surface area contributed by atoms with Crippen LogP contribution in [0.5, 0.6) is 5.75 Å². The number of hydrogen-bond donors (Lipinski definition) is 3. The van der Waals surface area contributed by atoms with Gasteiger partial charge in [0.2, 0.25) is 5.91 Å². The van der Waals surface area contributed by atoms with Crippen molar-refractivity contribution in [2.75, 3.05) is 6.54 Å². The summed E-state index contributed by atoms with van der Waals surface area (Å²) in [5.74, 6) is 0.360. The van der Waals surface area contributed by atoms with Gasteiger partial charge in [-0.05, 0) is 68.0 Å². The van der Waals surface area contributed by atoms with Crippen LogP contribution < -0.4 is 15.6 Å². The number of aromatic nitrogens is 1. The van der Waals surface area contributed by atoms with Gasteiger partial charge in [0.25, 0.3) is 5.91 Å². The van der Waals surface area contributed by atoms with E-state index in [1.54, 1.807) is 29.7 Å². The first kappa shape index (κ1) is 25.6. The average molecular weight is 491 g/mol. The molecule has 1 unspecified atom stereocenters. The van der Waals surface area contributed by atoms with Crippen molar-refractivity contribution in [2.24, 2.45) is 11.8 Å². The molecule has 8 heteroatoms. The zero-order chi connectivity index (χ0) is 25.7. The second-order valence-corrected chi connectivity index (χ2v) is 9.76. The number of para-hydroxylation sites is 1. The molecule has 0 saturated carbocycles. The molecule has 0 aliphatic carbocycles. The van der Waals surface area contributed by atoms with Gasteiger partial charge in [0.05, 0.1) is 5.52 Å². The first-order chi connectivity index (χ1) is 17.4. The van der Waals surface area contributed by atoms with Crippen LogP contribution in [0.25, 0.3) is 10.9 Å². The molecule has 1 saturated heterocycles. The van der Waals surface area contributed by atoms with Gasteiger partial charge in [0, 0.05) is 41.2 Å². The van der Waals surface area contributed by atoms with Crippen LogP contribution in [-0.2, 0) is 11.4 Å². The minimum absolute atomic E-state index is 0.00116. The fourth-order valence-corrected chi connectivity index (χ4v) is 5.21. The summed E-state index contributed by atoms with van der Waals surface area (Å²) in [6, 6.07) is 17.2. The molecule has 190 valence electrons. The van der Waals surface area contributed by atoms with Crippen LogP contribution in [0.4, 0.5) is 0 Å². The number of aryl methyl sites for hydroxylation is 1. The summed E-state index contributed by atoms with van der Waals surface area (Å²) in [6.07, 6.45) is 1.97. The molecule has 3 N–H and O–H groups in total. The highest BCUT2D eigenvalue weighted by Crippen LogP contribution is 2.30. The van der Waals surface area contributed by atoms with E-state index < -0.39 is 5.91 Å². The lowest BCUT2D eigenvalue weighted by Gasteiger charge is -2.43. The topological polar surface area (TPSA) is 104 Å². The van der Waals surface area contributed by atoms with Crippen molar-refractivity contribution in [1.29, 1.82) is 0 Å². The maximum Gasteiger partial charge on any atom is 0.265 e. The third kappa shape index (κ3) is 6.01. The van der Waals surface area contributed by atoms with Crippen LogP contribution in [0.3, 0.4) is 0 Å². The molecule has 0 bridgehead atoms. The monoisotopic (exact) mass is 490 g/mol. The number of hydroxylamine groups is 1. The van der Waals surface area contributed by atoms with Gasteiger partial charge in [0.1, 0.15) is 12.4 Å². The number of amides is 2. The summed E-state index contributed by atoms with van der Waals surface area (Å²) in [4.78, 5) is 29.4. The zero-order valence-corrected chi connectivity index (χ0v) is 21.0. The molecule has 3 aromatic rings. The van der Waals surface area contributed by atoms with Crippen LogP contribution in [0.2, 0.25) is 0 Å². The summed E-state index contributed by atoms with van der Waals surface area (Å²) in [6.45, 7) is 7.25. The molecule has 4 rings (SSSR count). The Morgan fingerprint density at radius 2 is 1.92 bits per heavy atom. The van der Waals surface area contributed by atoms with Gasteiger partial charge in [-0.25, -0.2) is 10.5 Å². The molecule has 2 heterocycles. The third-order valence-corrected chi connectivity index (χ3v) is 6.76. The summed E-state index contributed by atoms with van der Waals surface area (Å²) in [5.41, 5.74) is 8.26. The molecule has 2 aromatic carbocycles. The molecule has 2 amide bonds. The average Bonchev–Trinajstić information content (AvgIpc) is 2.87. The smallest absolute Gasteiger partial charge is 0.265 e. The largest absolute Gasteiger partial charge is 0.489 e. The normalized spacial score (nSPS) is 18.2. The third-order valence-electron chi connectivity index (χ3n) is 6.76. The molecule has 1 aliphatic rings. The van der Waals surface area contributed by atoms with Crippen molar-refractivity contribution >= 4 is 22.7 Å². The number of piperidine rings is 1. The van der Waals surface area contributed by atoms with Crippen LogP contribution in [-0.4, -0.2) is 39.6 Å². The number of ether oxygens (including phenoxy) is 1. The lowest BCUT2D eigenvalue weighted by Crippen LogP contribution is -2.56. The number of hydrogen-bond acceptors (Lipinski definition) is 6. The zero-order valence-electron chi connectivity index (χ0n) is 21.0. The van der Waals surface area contributed by atoms with Gasteiger partial charge in [-0.3, -0.25) is 25.2 Å². The lowest BCUT2D eigenvalue weighted by atomic mass is 9.81. The number of fused-ring (bicyclic) bond motifs is 1. The highest BCUT2D eigenvalue weighted by Gasteiger charge is 2.35. The van der Waals surface area contributed by atoms with Gasteiger partial charge in [0.15, 0.2) is 0 Å². The minimum Gasteiger partial charge on any atom is -0.489 e. The molecule has 1 fully saturated rings. The Balaban J connectivity index is 1.40. The molecular formula is C28H34N4O4. The Morgan fingerprint density at radius 1 is 1.17 bits per heavy atom. The van der Waals surface area contributed by atoms with E-state index >= 15 is 0 Å². The fourth-order valence-electron chi connectivity index (χ4n) is 5.21. The van der Waals surface area contributed by atoms with E-state index in [-0.39, 0.29) is 30.2 Å². The van der Waals surface area contributed by atoms with E-state index in [0.717, 1.165) is 35.0 Å². The van der Waals surface area contributed by atoms with Crippen LogP contribution in [0.15, 0.2) is 54.6 Å². The molecule has 8 nitrogen and oxygen atoms in total. The predicted molar refractivity (Wildman–Crippen MR) is 137 cm³/mol. The van der Waals surface area contributed by atoms with Crippen LogP contribution in [0.1, 0.15) is 54.7 Å². The molecule has 2 atom stereocenters. The van der Waals surface area contributed by atoms with Crippen LogP contribution >= 0.6 is 0 Å². The van der Waals surface area contributed by atoms with Crippen molar-refractivity contribution in [3.63, 3.8) is 0 Å². The number of carbonyl (C=O) groups excluding carboxylic acids is 2. The fraction of sp³-hybridized carbons (Fsp3) is 0.393. The van der Waals surface area contributed by atoms with E-state index in [9.17, 15) is 9.59 Å². The quantitative estimate of drug-likeness (QED) is 0.319. The van der Waals surface area contributed by atoms with Gasteiger partial charge in [-0.1, -0.05) is 32.0 Å². The summed E-state index contributed by atoms with van der Waals surface area (Å²) >= 11 is 0. The SMILES string of the molecule is Cc1cc(COc2ccc(C(=O)NN3CCC[C@H](CC(=O)NO)C3C(C)C)cc2)c2ccccc2n1. The number of nitrogens with zero attached hydrogens (tertiary/aromatic N) is 2. The van der Waals surface area contributed by atoms with Gasteiger partial charge in [-0.2, -0.15) is 0 Å². The first-order valence-corrected chi connectivity index (χ1v) is 12.4. The van der Waals surface area contributed by atoms with E-state index in [1.165, 1.54) is 0 Å². The Hall–Kier alpha value is -3.49. The molecular weight excluding hydrogens is 456 g/mol. The number of hydrazine groups is 1. The Bertz CT molecular complexity index is 1210. The Labute approximate surface area is 211 Å². The van der Waals surface area contributed by atoms with E-state index in [0.29, 0.717) is 24.5 Å². The Morgan fingerprint density at radius 3 is 2.64 bits per heavy atom. The van der Waals surface area contributed by atoms with Gasteiger partial charge in [-0.15, -0.1) is 0 Å². The maximum atomic E-state index is 13.0. The minimum atomic E-state index is -0.399. The van der Waals surface area contributed by atoms with Crippen LogP contribution in [0, 0.1) is 18.8 Å². The lowest BCUT2D eigenvalue weighted by molar-refractivity contribution is -0.131. The second kappa shape index (κ2) is 11.5. The molecule has 36 heavy (non-hydrogen) atoms. The first-order valence-electron chi connectivity index (χ1n) is 12.4. The standard InChI is InChI=1S/C28H34N4O4/c1-18(2)27-21(16-26(33)31-35)7-6-14-32(27)30-28(34)20-10-12-23(13-11-20)36-17-22-15-19(3)29-25-9-5-4-8-24(22)25/h4-5,8-13,15,18,21,27,35H,6-7,14,16-17H2,1-3H3,(H,30,34)(H,31,33)/t21-,27?/m1/s1. The maximum absolute atomic E-state index is 13.0. The van der Waals surface area contributed by atoms with E-state index in [4.69, 9.17) is 9.94 Å². The molecule has 0 spiro atoms. The molecule has 1 aromatic heterocycles. The van der Waals surface area contributed by atoms with E-state index in [2.05, 4.69) is 24.3 Å². The van der Waals surface area contributed by atoms with Gasteiger partial charge < -0.3 is 4.74 Å². The number of benzene rings is 2. The van der Waals surface area contributed by atoms with Crippen molar-refractivity contribution in [3.05, 3.63) is 71.4 Å². The summed E-state index contributed by atoms with van der Waals surface area (Å²) < 4.78 is 6.02. The molecule has 0 radical (unpaired) electrons. The van der Waals surface area contributed by atoms with Crippen molar-refractivity contribution in [3.8, 4) is 5.75 Å². The summed E-state index contributed by atoms with van der Waals surface area (Å²) in [5, 5.41) is 12.0. The van der Waals surface area contributed by atoms with Crippen molar-refractivity contribution in [2.45, 2.75) is 52.7 Å². The second-order valence-electron chi connectivity index (χ2n) is 9.76. The van der Waals surface area contributed by atoms with Gasteiger partial charge >= 0.3 is 0 Å². The number of nitrogens with one attached hydrogen (secondary N) is 2. The Kier molecular flexibility index (Phi) is 8.18. The number of pyridine rings is 1. The number of rotatable bonds is 8. The highest BCUT2D eigenvalue weighted by molar-refractivity contribution is 5.94. The van der Waals surface area contributed by atoms with Crippen molar-refractivity contribution in [1.82, 2.24) is 20.9 Å². The number of carbonyl (C=O) groups is 2. The predicted octanol–water partition coefficient (Wildman–Crippen LogP) is 4.40. The van der Waals surface area contributed by atoms with Crippen molar-refractivity contribution < 1.29 is 19.5 Å². The van der Waals surface area contributed by atoms with E-state index in [1.807, 2.05) is 42.3 Å². The molecule has 1 aliphatic heterocycles. The summed E-state index contributed by atoms with van der Waals surface area (Å²) in [7, 11) is 0.